The van der Waals surface area contributed by atoms with E-state index >= 15 is 0 Å². The van der Waals surface area contributed by atoms with Crippen molar-refractivity contribution >= 4 is 23.2 Å². The summed E-state index contributed by atoms with van der Waals surface area (Å²) in [6.45, 7) is 2.14. The number of fused-ring (bicyclic) bond motifs is 1. The summed E-state index contributed by atoms with van der Waals surface area (Å²) in [5.41, 5.74) is 2.84. The Morgan fingerprint density at radius 1 is 0.609 bits per heavy atom. The Hall–Kier alpha value is -1.83. The lowest BCUT2D eigenvalue weighted by Gasteiger charge is -2.06. The van der Waals surface area contributed by atoms with Gasteiger partial charge in [-0.05, 0) is 54.3 Å². The van der Waals surface area contributed by atoms with Crippen LogP contribution in [0, 0.1) is 0 Å². The predicted octanol–water partition coefficient (Wildman–Crippen LogP) is 5.03. The molecule has 0 aliphatic carbocycles. The monoisotopic (exact) mass is 325 g/mol. The van der Waals surface area contributed by atoms with Gasteiger partial charge in [-0.3, -0.25) is 0 Å². The van der Waals surface area contributed by atoms with Gasteiger partial charge in [0.1, 0.15) is 0 Å². The van der Waals surface area contributed by atoms with Crippen molar-refractivity contribution in [1.82, 2.24) is 5.32 Å². The van der Waals surface area contributed by atoms with Crippen molar-refractivity contribution in [3.63, 3.8) is 0 Å². The zero-order chi connectivity index (χ0) is 15.0. The molecule has 3 rings (SSSR count). The molecule has 0 aliphatic rings. The van der Waals surface area contributed by atoms with E-state index in [2.05, 4.69) is 78.1 Å². The normalized spacial score (nSPS) is 10.4. The Morgan fingerprint density at radius 2 is 1.35 bits per heavy atom. The summed E-state index contributed by atoms with van der Waals surface area (Å²) in [5.74, 6) is 0. The number of hydrogen-bond acceptors (Lipinski definition) is 1. The number of hydrogen-bond donors (Lipinski definition) is 1. The molecule has 1 nitrogen and oxygen atoms in total. The van der Waals surface area contributed by atoms with E-state index in [9.17, 15) is 0 Å². The van der Waals surface area contributed by atoms with Gasteiger partial charge in [-0.1, -0.05) is 72.8 Å². The first-order valence-corrected chi connectivity index (χ1v) is 8.14. The van der Waals surface area contributed by atoms with Crippen LogP contribution in [0.4, 0.5) is 0 Å². The van der Waals surface area contributed by atoms with Crippen molar-refractivity contribution in [2.45, 2.75) is 19.3 Å². The first kappa shape index (κ1) is 17.5. The molecule has 0 atom stereocenters. The van der Waals surface area contributed by atoms with Gasteiger partial charge in [0, 0.05) is 0 Å². The quantitative estimate of drug-likeness (QED) is 0.601. The molecule has 1 N–H and O–H groups in total. The second-order valence-electron chi connectivity index (χ2n) is 5.77. The zero-order valence-corrected chi connectivity index (χ0v) is 14.2. The largest absolute Gasteiger partial charge is 0.316 e. The number of aryl methyl sites for hydroxylation is 1. The number of rotatable bonds is 7. The number of nitrogens with one attached hydrogen (secondary N) is 1. The maximum absolute atomic E-state index is 3.54. The summed E-state index contributed by atoms with van der Waals surface area (Å²) in [6, 6.07) is 26.0. The SMILES string of the molecule is Cl.c1ccc(CCNCCCc2ccc3ccccc3c2)cc1. The third-order valence-corrected chi connectivity index (χ3v) is 4.07. The lowest BCUT2D eigenvalue weighted by molar-refractivity contribution is 0.648. The van der Waals surface area contributed by atoms with Crippen molar-refractivity contribution < 1.29 is 0 Å². The molecule has 3 aromatic carbocycles. The van der Waals surface area contributed by atoms with Crippen LogP contribution in [0.15, 0.2) is 72.8 Å². The van der Waals surface area contributed by atoms with Gasteiger partial charge in [0.2, 0.25) is 0 Å². The standard InChI is InChI=1S/C21H23N.ClH/c1-2-7-18(8-3-1)14-16-22-15-6-9-19-12-13-20-10-4-5-11-21(20)17-19;/h1-5,7-8,10-13,17,22H,6,9,14-16H2;1H. The van der Waals surface area contributed by atoms with Crippen molar-refractivity contribution in [2.24, 2.45) is 0 Å². The molecule has 3 aromatic rings. The summed E-state index contributed by atoms with van der Waals surface area (Å²) in [4.78, 5) is 0. The fourth-order valence-electron chi connectivity index (χ4n) is 2.81. The molecule has 0 spiro atoms. The van der Waals surface area contributed by atoms with Gasteiger partial charge in [0.25, 0.3) is 0 Å². The molecule has 23 heavy (non-hydrogen) atoms. The summed E-state index contributed by atoms with van der Waals surface area (Å²) in [6.07, 6.45) is 3.44. The van der Waals surface area contributed by atoms with Gasteiger partial charge in [0.05, 0.1) is 0 Å². The van der Waals surface area contributed by atoms with Crippen LogP contribution in [-0.2, 0) is 12.8 Å². The van der Waals surface area contributed by atoms with E-state index in [4.69, 9.17) is 0 Å². The highest BCUT2D eigenvalue weighted by atomic mass is 35.5. The van der Waals surface area contributed by atoms with Gasteiger partial charge in [0.15, 0.2) is 0 Å². The Labute approximate surface area is 145 Å². The number of benzene rings is 3. The Balaban J connectivity index is 0.00000192. The molecule has 0 saturated heterocycles. The first-order valence-electron chi connectivity index (χ1n) is 8.14. The molecule has 0 aromatic heterocycles. The number of halogens is 1. The van der Waals surface area contributed by atoms with Crippen molar-refractivity contribution in [2.75, 3.05) is 13.1 Å². The van der Waals surface area contributed by atoms with E-state index in [1.165, 1.54) is 28.3 Å². The van der Waals surface area contributed by atoms with Crippen LogP contribution < -0.4 is 5.32 Å². The predicted molar refractivity (Wildman–Crippen MR) is 103 cm³/mol. The highest BCUT2D eigenvalue weighted by molar-refractivity contribution is 5.85. The van der Waals surface area contributed by atoms with Crippen molar-refractivity contribution in [3.05, 3.63) is 83.9 Å². The molecule has 0 bridgehead atoms. The maximum Gasteiger partial charge on any atom is -0.000835 e. The average Bonchev–Trinajstić information content (AvgIpc) is 2.59. The molecular formula is C21H24ClN. The third-order valence-electron chi connectivity index (χ3n) is 4.07. The fraction of sp³-hybridized carbons (Fsp3) is 0.238. The second-order valence-corrected chi connectivity index (χ2v) is 5.77. The van der Waals surface area contributed by atoms with Gasteiger partial charge in [-0.25, -0.2) is 0 Å². The van der Waals surface area contributed by atoms with Crippen molar-refractivity contribution in [1.29, 1.82) is 0 Å². The van der Waals surface area contributed by atoms with E-state index in [0.717, 1.165) is 25.9 Å². The van der Waals surface area contributed by atoms with E-state index in [1.807, 2.05) is 0 Å². The summed E-state index contributed by atoms with van der Waals surface area (Å²) >= 11 is 0. The highest BCUT2D eigenvalue weighted by Gasteiger charge is 1.97. The van der Waals surface area contributed by atoms with Gasteiger partial charge in [-0.2, -0.15) is 0 Å². The van der Waals surface area contributed by atoms with Crippen LogP contribution >= 0.6 is 12.4 Å². The lowest BCUT2D eigenvalue weighted by atomic mass is 10.0. The molecule has 0 aliphatic heterocycles. The maximum atomic E-state index is 3.54. The zero-order valence-electron chi connectivity index (χ0n) is 13.4. The van der Waals surface area contributed by atoms with E-state index in [0.29, 0.717) is 0 Å². The van der Waals surface area contributed by atoms with Gasteiger partial charge in [-0.15, -0.1) is 12.4 Å². The minimum Gasteiger partial charge on any atom is -0.316 e. The third kappa shape index (κ3) is 5.38. The smallest absolute Gasteiger partial charge is 0.000835 e. The van der Waals surface area contributed by atoms with Crippen LogP contribution in [0.25, 0.3) is 10.8 Å². The fourth-order valence-corrected chi connectivity index (χ4v) is 2.81. The van der Waals surface area contributed by atoms with E-state index in [-0.39, 0.29) is 12.4 Å². The average molecular weight is 326 g/mol. The summed E-state index contributed by atoms with van der Waals surface area (Å²) in [7, 11) is 0. The lowest BCUT2D eigenvalue weighted by Crippen LogP contribution is -2.18. The molecule has 0 radical (unpaired) electrons. The van der Waals surface area contributed by atoms with Crippen molar-refractivity contribution in [3.8, 4) is 0 Å². The Morgan fingerprint density at radius 3 is 2.17 bits per heavy atom. The van der Waals surface area contributed by atoms with Gasteiger partial charge >= 0.3 is 0 Å². The van der Waals surface area contributed by atoms with E-state index in [1.54, 1.807) is 0 Å². The topological polar surface area (TPSA) is 12.0 Å². The Kier molecular flexibility index (Phi) is 7.12. The van der Waals surface area contributed by atoms with Crippen LogP contribution in [0.1, 0.15) is 17.5 Å². The molecule has 2 heteroatoms. The molecule has 0 saturated carbocycles. The Bertz CT molecular complexity index is 709. The molecule has 0 unspecified atom stereocenters. The van der Waals surface area contributed by atoms with Crippen LogP contribution in [-0.4, -0.2) is 13.1 Å². The summed E-state index contributed by atoms with van der Waals surface area (Å²) < 4.78 is 0. The van der Waals surface area contributed by atoms with E-state index < -0.39 is 0 Å². The highest BCUT2D eigenvalue weighted by Crippen LogP contribution is 2.16. The van der Waals surface area contributed by atoms with Crippen LogP contribution in [0.3, 0.4) is 0 Å². The molecule has 0 amide bonds. The molecule has 0 fully saturated rings. The van der Waals surface area contributed by atoms with Crippen LogP contribution in [0.2, 0.25) is 0 Å². The first-order chi connectivity index (χ1) is 10.9. The summed E-state index contributed by atoms with van der Waals surface area (Å²) in [5, 5.41) is 6.21. The second kappa shape index (κ2) is 9.34. The van der Waals surface area contributed by atoms with Crippen LogP contribution in [0.5, 0.6) is 0 Å². The molecule has 0 heterocycles. The molecule has 120 valence electrons. The minimum absolute atomic E-state index is 0. The molecular weight excluding hydrogens is 302 g/mol. The van der Waals surface area contributed by atoms with Gasteiger partial charge < -0.3 is 5.32 Å². The minimum atomic E-state index is 0.